The van der Waals surface area contributed by atoms with Gasteiger partial charge in [0.2, 0.25) is 5.91 Å². The summed E-state index contributed by atoms with van der Waals surface area (Å²) < 4.78 is 1.70. The van der Waals surface area contributed by atoms with Crippen molar-refractivity contribution < 1.29 is 9.59 Å². The fourth-order valence-electron chi connectivity index (χ4n) is 3.73. The number of carbonyl (C=O) groups excluding carboxylic acids is 2. The van der Waals surface area contributed by atoms with Crippen LogP contribution in [0, 0.1) is 5.92 Å². The molecule has 1 aliphatic rings. The van der Waals surface area contributed by atoms with E-state index in [-0.39, 0.29) is 17.7 Å². The number of likely N-dealkylation sites (tertiary alicyclic amines) is 1. The Morgan fingerprint density at radius 3 is 2.55 bits per heavy atom. The fraction of sp³-hybridized carbons (Fsp3) is 0.286. The first-order valence-corrected chi connectivity index (χ1v) is 10.2. The second-order valence-electron chi connectivity index (χ2n) is 7.17. The highest BCUT2D eigenvalue weighted by Gasteiger charge is 2.29. The number of hydrogen-bond acceptors (Lipinski definition) is 3. The Morgan fingerprint density at radius 1 is 1.10 bits per heavy atom. The summed E-state index contributed by atoms with van der Waals surface area (Å²) in [4.78, 5) is 27.2. The fourth-order valence-corrected chi connectivity index (χ4v) is 4.18. The van der Waals surface area contributed by atoms with Crippen molar-refractivity contribution in [3.63, 3.8) is 0 Å². The molecule has 0 atom stereocenters. The lowest BCUT2D eigenvalue weighted by molar-refractivity contribution is -0.121. The van der Waals surface area contributed by atoms with Gasteiger partial charge in [0, 0.05) is 36.6 Å². The molecule has 8 heteroatoms. The second-order valence-corrected chi connectivity index (χ2v) is 8.02. The summed E-state index contributed by atoms with van der Waals surface area (Å²) in [6.45, 7) is 1.04. The standard InChI is InChI=1S/C21H20Cl2N4O2/c1-26-17-7-3-6-16(23)18(17)19(25-26)24-20(28)13-8-10-27(11-9-13)21(29)14-4-2-5-15(22)12-14/h2-7,12-13H,8-11H2,1H3,(H,24,25,28). The average Bonchev–Trinajstić information content (AvgIpc) is 3.04. The van der Waals surface area contributed by atoms with Gasteiger partial charge in [0.1, 0.15) is 0 Å². The summed E-state index contributed by atoms with van der Waals surface area (Å²) in [6, 6.07) is 12.5. The Hall–Kier alpha value is -2.57. The predicted molar refractivity (Wildman–Crippen MR) is 114 cm³/mol. The molecule has 2 amide bonds. The summed E-state index contributed by atoms with van der Waals surface area (Å²) in [7, 11) is 1.81. The van der Waals surface area contributed by atoms with Crippen LogP contribution in [0.15, 0.2) is 42.5 Å². The topological polar surface area (TPSA) is 67.2 Å². The van der Waals surface area contributed by atoms with Gasteiger partial charge in [-0.3, -0.25) is 14.3 Å². The number of carbonyl (C=O) groups is 2. The first kappa shape index (κ1) is 19.7. The van der Waals surface area contributed by atoms with E-state index >= 15 is 0 Å². The molecule has 2 heterocycles. The van der Waals surface area contributed by atoms with Gasteiger partial charge in [-0.1, -0.05) is 35.3 Å². The molecular formula is C21H20Cl2N4O2. The van der Waals surface area contributed by atoms with Crippen LogP contribution in [0.5, 0.6) is 0 Å². The van der Waals surface area contributed by atoms with E-state index in [0.717, 1.165) is 10.9 Å². The number of hydrogen-bond donors (Lipinski definition) is 1. The molecule has 6 nitrogen and oxygen atoms in total. The van der Waals surface area contributed by atoms with Crippen LogP contribution < -0.4 is 5.32 Å². The summed E-state index contributed by atoms with van der Waals surface area (Å²) in [6.07, 6.45) is 1.19. The van der Waals surface area contributed by atoms with Crippen molar-refractivity contribution in [1.82, 2.24) is 14.7 Å². The zero-order valence-corrected chi connectivity index (χ0v) is 17.4. The second kappa shape index (κ2) is 8.05. The van der Waals surface area contributed by atoms with Crippen LogP contribution in [0.4, 0.5) is 5.82 Å². The van der Waals surface area contributed by atoms with Gasteiger partial charge >= 0.3 is 0 Å². The molecule has 0 aliphatic carbocycles. The van der Waals surface area contributed by atoms with Crippen LogP contribution in [0.3, 0.4) is 0 Å². The van der Waals surface area contributed by atoms with Gasteiger partial charge < -0.3 is 10.2 Å². The number of rotatable bonds is 3. The lowest BCUT2D eigenvalue weighted by atomic mass is 9.95. The average molecular weight is 431 g/mol. The predicted octanol–water partition coefficient (Wildman–Crippen LogP) is 4.37. The molecule has 0 unspecified atom stereocenters. The smallest absolute Gasteiger partial charge is 0.253 e. The molecule has 2 aromatic carbocycles. The minimum absolute atomic E-state index is 0.0612. The Balaban J connectivity index is 1.42. The molecule has 1 saturated heterocycles. The molecule has 0 radical (unpaired) electrons. The van der Waals surface area contributed by atoms with Crippen LogP contribution in [0.25, 0.3) is 10.9 Å². The summed E-state index contributed by atoms with van der Waals surface area (Å²) in [5.41, 5.74) is 1.42. The van der Waals surface area contributed by atoms with Gasteiger partial charge in [0.25, 0.3) is 5.91 Å². The molecule has 0 saturated carbocycles. The van der Waals surface area contributed by atoms with Crippen LogP contribution in [-0.2, 0) is 11.8 Å². The van der Waals surface area contributed by atoms with E-state index in [1.165, 1.54) is 0 Å². The van der Waals surface area contributed by atoms with E-state index in [2.05, 4.69) is 10.4 Å². The van der Waals surface area contributed by atoms with Crippen LogP contribution in [0.2, 0.25) is 10.0 Å². The Labute approximate surface area is 178 Å². The van der Waals surface area contributed by atoms with E-state index in [1.807, 2.05) is 19.2 Å². The molecule has 1 fully saturated rings. The number of amides is 2. The third kappa shape index (κ3) is 3.95. The third-order valence-corrected chi connectivity index (χ3v) is 5.84. The van der Waals surface area contributed by atoms with Gasteiger partial charge in [0.05, 0.1) is 15.9 Å². The molecule has 4 rings (SSSR count). The maximum Gasteiger partial charge on any atom is 0.253 e. The van der Waals surface area contributed by atoms with Crippen molar-refractivity contribution in [2.24, 2.45) is 13.0 Å². The minimum Gasteiger partial charge on any atom is -0.339 e. The molecule has 1 N–H and O–H groups in total. The number of aryl methyl sites for hydroxylation is 1. The summed E-state index contributed by atoms with van der Waals surface area (Å²) >= 11 is 12.3. The molecular weight excluding hydrogens is 411 g/mol. The number of aromatic nitrogens is 2. The van der Waals surface area contributed by atoms with E-state index < -0.39 is 0 Å². The maximum atomic E-state index is 12.8. The van der Waals surface area contributed by atoms with Crippen molar-refractivity contribution in [2.75, 3.05) is 18.4 Å². The largest absolute Gasteiger partial charge is 0.339 e. The number of fused-ring (bicyclic) bond motifs is 1. The number of halogens is 2. The number of piperidine rings is 1. The summed E-state index contributed by atoms with van der Waals surface area (Å²) in [5.74, 6) is 0.127. The SMILES string of the molecule is Cn1nc(NC(=O)C2CCN(C(=O)c3cccc(Cl)c3)CC2)c2c(Cl)cccc21. The van der Waals surface area contributed by atoms with Gasteiger partial charge in [-0.05, 0) is 43.2 Å². The van der Waals surface area contributed by atoms with E-state index in [1.54, 1.807) is 39.9 Å². The lowest BCUT2D eigenvalue weighted by Crippen LogP contribution is -2.41. The number of benzene rings is 2. The highest BCUT2D eigenvalue weighted by Crippen LogP contribution is 2.30. The van der Waals surface area contributed by atoms with Gasteiger partial charge in [-0.25, -0.2) is 0 Å². The molecule has 1 aliphatic heterocycles. The number of anilines is 1. The van der Waals surface area contributed by atoms with Gasteiger partial charge in [-0.15, -0.1) is 0 Å². The van der Waals surface area contributed by atoms with E-state index in [4.69, 9.17) is 23.2 Å². The highest BCUT2D eigenvalue weighted by atomic mass is 35.5. The van der Waals surface area contributed by atoms with Crippen molar-refractivity contribution in [2.45, 2.75) is 12.8 Å². The molecule has 3 aromatic rings. The zero-order chi connectivity index (χ0) is 20.5. The van der Waals surface area contributed by atoms with Crippen molar-refractivity contribution in [3.8, 4) is 0 Å². The zero-order valence-electron chi connectivity index (χ0n) is 15.9. The maximum absolute atomic E-state index is 12.8. The van der Waals surface area contributed by atoms with Crippen molar-refractivity contribution in [3.05, 3.63) is 58.1 Å². The third-order valence-electron chi connectivity index (χ3n) is 5.29. The molecule has 29 heavy (non-hydrogen) atoms. The lowest BCUT2D eigenvalue weighted by Gasteiger charge is -2.31. The van der Waals surface area contributed by atoms with Crippen molar-refractivity contribution >= 4 is 51.7 Å². The molecule has 0 bridgehead atoms. The molecule has 150 valence electrons. The molecule has 1 aromatic heterocycles. The number of nitrogens with zero attached hydrogens (tertiary/aromatic N) is 3. The van der Waals surface area contributed by atoms with Crippen molar-refractivity contribution in [1.29, 1.82) is 0 Å². The van der Waals surface area contributed by atoms with Gasteiger partial charge in [0.15, 0.2) is 5.82 Å². The minimum atomic E-state index is -0.182. The first-order valence-electron chi connectivity index (χ1n) is 9.41. The first-order chi connectivity index (χ1) is 13.9. The van der Waals surface area contributed by atoms with Crippen LogP contribution in [-0.4, -0.2) is 39.6 Å². The van der Waals surface area contributed by atoms with E-state index in [9.17, 15) is 9.59 Å². The monoisotopic (exact) mass is 430 g/mol. The Kier molecular flexibility index (Phi) is 5.48. The summed E-state index contributed by atoms with van der Waals surface area (Å²) in [5, 5.41) is 9.14. The molecule has 0 spiro atoms. The van der Waals surface area contributed by atoms with Crippen LogP contribution in [0.1, 0.15) is 23.2 Å². The normalized spacial score (nSPS) is 14.9. The quantitative estimate of drug-likeness (QED) is 0.670. The Morgan fingerprint density at radius 2 is 1.83 bits per heavy atom. The number of nitrogens with one attached hydrogen (secondary N) is 1. The Bertz CT molecular complexity index is 1090. The van der Waals surface area contributed by atoms with Gasteiger partial charge in [-0.2, -0.15) is 5.10 Å². The highest BCUT2D eigenvalue weighted by molar-refractivity contribution is 6.36. The van der Waals surface area contributed by atoms with Crippen LogP contribution >= 0.6 is 23.2 Å². The van der Waals surface area contributed by atoms with E-state index in [0.29, 0.717) is 47.4 Å².